The molecule has 5 nitrogen and oxygen atoms in total. The summed E-state index contributed by atoms with van der Waals surface area (Å²) >= 11 is 0. The van der Waals surface area contributed by atoms with Crippen molar-refractivity contribution < 1.29 is 14.3 Å². The van der Waals surface area contributed by atoms with Crippen molar-refractivity contribution in [2.75, 3.05) is 19.7 Å². The maximum atomic E-state index is 13.6. The number of carbonyl (C=O) groups is 2. The van der Waals surface area contributed by atoms with Gasteiger partial charge in [-0.25, -0.2) is 0 Å². The average molecular weight is 435 g/mol. The molecule has 0 N–H and O–H groups in total. The number of rotatable bonds is 10. The topological polar surface area (TPSA) is 49.9 Å². The Kier molecular flexibility index (Phi) is 7.86. The van der Waals surface area contributed by atoms with E-state index < -0.39 is 0 Å². The molecule has 0 bridgehead atoms. The summed E-state index contributed by atoms with van der Waals surface area (Å²) in [6.45, 7) is 12.1. The van der Waals surface area contributed by atoms with Crippen LogP contribution in [0.2, 0.25) is 0 Å². The predicted molar refractivity (Wildman–Crippen MR) is 128 cm³/mol. The van der Waals surface area contributed by atoms with Gasteiger partial charge >= 0.3 is 0 Å². The van der Waals surface area contributed by atoms with Gasteiger partial charge < -0.3 is 9.64 Å². The van der Waals surface area contributed by atoms with E-state index >= 15 is 0 Å². The lowest BCUT2D eigenvalue weighted by atomic mass is 9.97. The standard InChI is InChI=1S/C27H34N2O3/c1-6-28(18-22-11-8-7-9-12-22)25-24(23-14-13-20(4)17-21(23)5)26(30)29(27(25)31)15-10-16-32-19(2)3/h7-9,11-14,17,19H,6,10,15-16,18H2,1-5H3. The van der Waals surface area contributed by atoms with E-state index in [4.69, 9.17) is 4.74 Å². The number of likely N-dealkylation sites (N-methyl/N-ethyl adjacent to an activating group) is 1. The second kappa shape index (κ2) is 10.6. The summed E-state index contributed by atoms with van der Waals surface area (Å²) in [5.41, 5.74) is 5.07. The normalized spacial score (nSPS) is 14.1. The maximum absolute atomic E-state index is 13.6. The molecule has 0 aliphatic carbocycles. The van der Waals surface area contributed by atoms with Gasteiger partial charge in [-0.05, 0) is 57.7 Å². The Labute approximate surface area is 191 Å². The van der Waals surface area contributed by atoms with Crippen molar-refractivity contribution in [3.05, 3.63) is 76.5 Å². The van der Waals surface area contributed by atoms with Gasteiger partial charge in [0.15, 0.2) is 0 Å². The predicted octanol–water partition coefficient (Wildman–Crippen LogP) is 4.72. The van der Waals surface area contributed by atoms with Crippen molar-refractivity contribution in [2.24, 2.45) is 0 Å². The lowest BCUT2D eigenvalue weighted by molar-refractivity contribution is -0.137. The number of aryl methyl sites for hydroxylation is 2. The molecule has 3 rings (SSSR count). The molecule has 0 spiro atoms. The number of benzene rings is 2. The molecule has 2 amide bonds. The molecule has 5 heteroatoms. The summed E-state index contributed by atoms with van der Waals surface area (Å²) < 4.78 is 5.62. The SMILES string of the molecule is CCN(Cc1ccccc1)C1=C(c2ccc(C)cc2C)C(=O)N(CCCOC(C)C)C1=O. The molecule has 0 fully saturated rings. The van der Waals surface area contributed by atoms with E-state index in [-0.39, 0.29) is 17.9 Å². The molecule has 0 aromatic heterocycles. The van der Waals surface area contributed by atoms with Crippen LogP contribution < -0.4 is 0 Å². The number of hydrogen-bond acceptors (Lipinski definition) is 4. The zero-order valence-electron chi connectivity index (χ0n) is 19.9. The molecule has 32 heavy (non-hydrogen) atoms. The number of amides is 2. The van der Waals surface area contributed by atoms with E-state index in [0.717, 1.165) is 22.3 Å². The van der Waals surface area contributed by atoms with Gasteiger partial charge in [-0.2, -0.15) is 0 Å². The van der Waals surface area contributed by atoms with Crippen molar-refractivity contribution in [3.8, 4) is 0 Å². The highest BCUT2D eigenvalue weighted by Gasteiger charge is 2.41. The van der Waals surface area contributed by atoms with Crippen molar-refractivity contribution in [1.82, 2.24) is 9.80 Å². The van der Waals surface area contributed by atoms with E-state index in [1.807, 2.05) is 82.0 Å². The third-order valence-electron chi connectivity index (χ3n) is 5.69. The van der Waals surface area contributed by atoms with Crippen LogP contribution in [0, 0.1) is 13.8 Å². The smallest absolute Gasteiger partial charge is 0.277 e. The zero-order chi connectivity index (χ0) is 23.3. The summed E-state index contributed by atoms with van der Waals surface area (Å²) in [4.78, 5) is 30.5. The Morgan fingerprint density at radius 1 is 1.00 bits per heavy atom. The Bertz CT molecular complexity index is 995. The van der Waals surface area contributed by atoms with Crippen LogP contribution in [0.3, 0.4) is 0 Å². The molecule has 2 aromatic rings. The van der Waals surface area contributed by atoms with Crippen LogP contribution >= 0.6 is 0 Å². The van der Waals surface area contributed by atoms with Crippen LogP contribution in [0.4, 0.5) is 0 Å². The molecule has 0 saturated carbocycles. The van der Waals surface area contributed by atoms with Gasteiger partial charge in [-0.3, -0.25) is 14.5 Å². The summed E-state index contributed by atoms with van der Waals surface area (Å²) in [5.74, 6) is -0.430. The quantitative estimate of drug-likeness (QED) is 0.401. The number of ether oxygens (including phenoxy) is 1. The number of nitrogens with zero attached hydrogens (tertiary/aromatic N) is 2. The highest BCUT2D eigenvalue weighted by Crippen LogP contribution is 2.34. The van der Waals surface area contributed by atoms with Crippen LogP contribution in [0.15, 0.2) is 54.2 Å². The molecular formula is C27H34N2O3. The Balaban J connectivity index is 1.98. The molecule has 0 saturated heterocycles. The third-order valence-corrected chi connectivity index (χ3v) is 5.69. The highest BCUT2D eigenvalue weighted by molar-refractivity contribution is 6.35. The first-order chi connectivity index (χ1) is 15.3. The fourth-order valence-corrected chi connectivity index (χ4v) is 4.09. The van der Waals surface area contributed by atoms with E-state index in [1.165, 1.54) is 4.90 Å². The molecule has 0 atom stereocenters. The monoisotopic (exact) mass is 434 g/mol. The fourth-order valence-electron chi connectivity index (χ4n) is 4.09. The fraction of sp³-hybridized carbons (Fsp3) is 0.407. The minimum atomic E-state index is -0.215. The van der Waals surface area contributed by atoms with Crippen LogP contribution in [0.1, 0.15) is 49.4 Å². The molecule has 1 heterocycles. The number of carbonyl (C=O) groups excluding carboxylic acids is 2. The van der Waals surface area contributed by atoms with Gasteiger partial charge in [-0.1, -0.05) is 54.1 Å². The molecular weight excluding hydrogens is 400 g/mol. The summed E-state index contributed by atoms with van der Waals surface area (Å²) in [6, 6.07) is 16.1. The Hall–Kier alpha value is -2.92. The van der Waals surface area contributed by atoms with Gasteiger partial charge in [0.2, 0.25) is 0 Å². The van der Waals surface area contributed by atoms with E-state index in [0.29, 0.717) is 43.9 Å². The van der Waals surface area contributed by atoms with E-state index in [9.17, 15) is 9.59 Å². The summed E-state index contributed by atoms with van der Waals surface area (Å²) in [6.07, 6.45) is 0.745. The van der Waals surface area contributed by atoms with Crippen molar-refractivity contribution in [2.45, 2.75) is 53.7 Å². The minimum Gasteiger partial charge on any atom is -0.379 e. The molecule has 170 valence electrons. The lowest BCUT2D eigenvalue weighted by Gasteiger charge is -2.25. The van der Waals surface area contributed by atoms with Crippen molar-refractivity contribution in [3.63, 3.8) is 0 Å². The van der Waals surface area contributed by atoms with Crippen molar-refractivity contribution >= 4 is 17.4 Å². The van der Waals surface area contributed by atoms with Crippen LogP contribution in [-0.4, -0.2) is 47.4 Å². The first-order valence-corrected chi connectivity index (χ1v) is 11.4. The molecule has 0 unspecified atom stereocenters. The van der Waals surface area contributed by atoms with Gasteiger partial charge in [0, 0.05) is 26.2 Å². The van der Waals surface area contributed by atoms with Gasteiger partial charge in [-0.15, -0.1) is 0 Å². The Morgan fingerprint density at radius 2 is 1.72 bits per heavy atom. The first-order valence-electron chi connectivity index (χ1n) is 11.4. The van der Waals surface area contributed by atoms with Crippen molar-refractivity contribution in [1.29, 1.82) is 0 Å². The van der Waals surface area contributed by atoms with E-state index in [2.05, 4.69) is 6.07 Å². The molecule has 1 aliphatic rings. The number of hydrogen-bond donors (Lipinski definition) is 0. The zero-order valence-corrected chi connectivity index (χ0v) is 19.9. The minimum absolute atomic E-state index is 0.126. The molecule has 2 aromatic carbocycles. The van der Waals surface area contributed by atoms with Crippen LogP contribution in [0.5, 0.6) is 0 Å². The van der Waals surface area contributed by atoms with Crippen LogP contribution in [-0.2, 0) is 20.9 Å². The lowest BCUT2D eigenvalue weighted by Crippen LogP contribution is -2.36. The van der Waals surface area contributed by atoms with Gasteiger partial charge in [0.05, 0.1) is 11.7 Å². The maximum Gasteiger partial charge on any atom is 0.277 e. The highest BCUT2D eigenvalue weighted by atomic mass is 16.5. The second-order valence-electron chi connectivity index (χ2n) is 8.58. The van der Waals surface area contributed by atoms with Gasteiger partial charge in [0.1, 0.15) is 5.70 Å². The van der Waals surface area contributed by atoms with Gasteiger partial charge in [0.25, 0.3) is 11.8 Å². The summed E-state index contributed by atoms with van der Waals surface area (Å²) in [7, 11) is 0. The average Bonchev–Trinajstić information content (AvgIpc) is 3.00. The van der Waals surface area contributed by atoms with E-state index in [1.54, 1.807) is 0 Å². The van der Waals surface area contributed by atoms with Crippen LogP contribution in [0.25, 0.3) is 5.57 Å². The second-order valence-corrected chi connectivity index (χ2v) is 8.58. The summed E-state index contributed by atoms with van der Waals surface area (Å²) in [5, 5.41) is 0. The molecule has 1 aliphatic heterocycles. The first kappa shape index (κ1) is 23.7. The largest absolute Gasteiger partial charge is 0.379 e. The number of imide groups is 1. The Morgan fingerprint density at radius 3 is 2.34 bits per heavy atom. The molecule has 0 radical (unpaired) electrons. The third kappa shape index (κ3) is 5.28.